The molecule has 104 heavy (non-hydrogen) atoms. The van der Waals surface area contributed by atoms with E-state index in [2.05, 4.69) is 36.7 Å². The Kier molecular flexibility index (Phi) is 44.3. The van der Waals surface area contributed by atoms with Gasteiger partial charge < -0.3 is 49.1 Å². The predicted octanol–water partition coefficient (Wildman–Crippen LogP) is 3.80. The Morgan fingerprint density at radius 1 is 0.385 bits per heavy atom. The molecule has 0 aromatic carbocycles. The van der Waals surface area contributed by atoms with E-state index in [1.807, 2.05) is 62.3 Å². The molecule has 13 amide bonds. The lowest BCUT2D eigenvalue weighted by molar-refractivity contribution is -0.140. The molecule has 0 aromatic heterocycles. The third-order valence-corrected chi connectivity index (χ3v) is 16.9. The molecule has 1 fully saturated rings. The molecule has 1 unspecified atom stereocenters. The molecule has 0 aliphatic carbocycles. The summed E-state index contributed by atoms with van der Waals surface area (Å²) in [5.41, 5.74) is -0.202. The van der Waals surface area contributed by atoms with E-state index in [-0.39, 0.29) is 186 Å². The van der Waals surface area contributed by atoms with Crippen molar-refractivity contribution >= 4 is 112 Å². The van der Waals surface area contributed by atoms with Crippen molar-refractivity contribution in [2.45, 2.75) is 168 Å². The maximum atomic E-state index is 12.3. The summed E-state index contributed by atoms with van der Waals surface area (Å²) in [7, 11) is 0. The summed E-state index contributed by atoms with van der Waals surface area (Å²) in [5.74, 6) is -2.55. The van der Waals surface area contributed by atoms with Crippen molar-refractivity contribution in [2.75, 3.05) is 144 Å². The summed E-state index contributed by atoms with van der Waals surface area (Å²) >= 11 is 3.32. The molecule has 0 spiro atoms. The minimum absolute atomic E-state index is 0.0292. The topological polar surface area (TPSA) is 373 Å². The van der Waals surface area contributed by atoms with Gasteiger partial charge in [-0.3, -0.25) is 96.4 Å². The summed E-state index contributed by atoms with van der Waals surface area (Å²) in [6.45, 7) is 31.2. The molecule has 5 aliphatic rings. The maximum absolute atomic E-state index is 12.3. The van der Waals surface area contributed by atoms with Gasteiger partial charge in [-0.05, 0) is 39.0 Å². The van der Waals surface area contributed by atoms with E-state index in [1.54, 1.807) is 11.8 Å². The van der Waals surface area contributed by atoms with Gasteiger partial charge >= 0.3 is 0 Å². The Labute approximate surface area is 620 Å². The Bertz CT molecular complexity index is 2930. The average Bonchev–Trinajstić information content (AvgIpc) is 1.68. The zero-order chi connectivity index (χ0) is 77.9. The van der Waals surface area contributed by atoms with Crippen molar-refractivity contribution in [2.24, 2.45) is 5.41 Å². The predicted molar refractivity (Wildman–Crippen MR) is 389 cm³/mol. The number of imide groups is 5. The second-order valence-electron chi connectivity index (χ2n) is 28.1. The van der Waals surface area contributed by atoms with Crippen LogP contribution in [0, 0.1) is 5.41 Å². The zero-order valence-corrected chi connectivity index (χ0v) is 64.5. The van der Waals surface area contributed by atoms with Crippen LogP contribution in [-0.4, -0.2) is 277 Å². The van der Waals surface area contributed by atoms with Crippen LogP contribution in [0.3, 0.4) is 0 Å². The average molecular weight is 1510 g/mol. The fourth-order valence-electron chi connectivity index (χ4n) is 9.29. The van der Waals surface area contributed by atoms with Crippen LogP contribution < -0.4 is 16.0 Å². The van der Waals surface area contributed by atoms with E-state index in [1.165, 1.54) is 65.3 Å². The molecule has 3 N–H and O–H groups in total. The highest BCUT2D eigenvalue weighted by Crippen LogP contribution is 2.34. The lowest BCUT2D eigenvalue weighted by Crippen LogP contribution is -2.36. The van der Waals surface area contributed by atoms with E-state index in [4.69, 9.17) is 33.2 Å². The number of Topliss-reactive ketones (excluding diaryl/α,β-unsaturated/α-hetero) is 2. The van der Waals surface area contributed by atoms with E-state index in [0.717, 1.165) is 25.4 Å². The van der Waals surface area contributed by atoms with Crippen molar-refractivity contribution in [3.63, 3.8) is 0 Å². The summed E-state index contributed by atoms with van der Waals surface area (Å²) in [5, 5.41) is 7.70. The first kappa shape index (κ1) is 92.9. The van der Waals surface area contributed by atoms with Gasteiger partial charge in [0.2, 0.25) is 29.5 Å². The highest BCUT2D eigenvalue weighted by molar-refractivity contribution is 8.02. The van der Waals surface area contributed by atoms with Gasteiger partial charge in [0, 0.05) is 168 Å². The van der Waals surface area contributed by atoms with Crippen LogP contribution in [0.2, 0.25) is 0 Å². The number of rotatable bonds is 46. The van der Waals surface area contributed by atoms with Gasteiger partial charge in [-0.25, -0.2) is 0 Å². The fourth-order valence-corrected chi connectivity index (χ4v) is 11.5. The summed E-state index contributed by atoms with van der Waals surface area (Å²) < 4.78 is 37.9. The minimum atomic E-state index is -0.389. The SMILES string of the molecule is CC(C)(C)CC(=O)CCCOCCOCCNC(=O)CCN1C(=O)C=CC1=O.CC(C)(C)OCCNC(=O)CCN1C(=O)C=CC1=O.CC(C)(C)SC1CC(=O)N(CCOCCOCCN2C(=O)C=CC2=O)C1=O.CC(C)(C)SCCC(=O)CCCOCCOCCNC(=O)CCN1C(=O)C=CC1=O. The molecule has 5 rings (SSSR count). The number of carbonyl (C=O) groups is 15. The highest BCUT2D eigenvalue weighted by atomic mass is 32.2. The molecular formula is C72H112N8O22S2. The standard InChI is InChI=1S/C21H34N2O6S.C20H32N2O6.C18H26N2O6S.C13H20N2O4/c1-21(2,3)30-16-9-17(24)5-4-12-28-14-15-29-13-10-22-18(25)8-11-23-19(26)6-7-20(23)27;1-20(2,3)15-16(23)5-4-11-27-13-14-28-12-9-21-17(24)8-10-22-18(25)6-7-19(22)26;1-18(2,3)27-13-12-16(23)20(17(13)24)7-9-26-11-10-25-8-6-19-14(21)4-5-15(19)22;1-13(2,3)19-9-7-14-10(16)6-8-15-11(17)4-5-12(15)18/h6-7H,4-5,8-16H2,1-3H3,(H,22,25);6-7H,4-5,8-15H2,1-3H3,(H,21,24);4-5,13H,6-12H2,1-3H3;4-5H,6-9H2,1-3H3,(H,14,16). The van der Waals surface area contributed by atoms with Crippen LogP contribution in [0.4, 0.5) is 0 Å². The second kappa shape index (κ2) is 49.6. The van der Waals surface area contributed by atoms with Crippen LogP contribution in [0.25, 0.3) is 0 Å². The third-order valence-electron chi connectivity index (χ3n) is 14.3. The number of nitrogens with zero attached hydrogens (tertiary/aromatic N) is 5. The van der Waals surface area contributed by atoms with Crippen molar-refractivity contribution in [1.82, 2.24) is 40.4 Å². The molecular weight excluding hydrogens is 1390 g/mol. The molecule has 0 bridgehead atoms. The number of hydrogen-bond acceptors (Lipinski definition) is 24. The molecule has 5 heterocycles. The summed E-state index contributed by atoms with van der Waals surface area (Å²) in [4.78, 5) is 179. The molecule has 0 aromatic rings. The number of nitrogens with one attached hydrogen (secondary N) is 3. The van der Waals surface area contributed by atoms with Gasteiger partial charge in [-0.1, -0.05) is 62.3 Å². The lowest BCUT2D eigenvalue weighted by Gasteiger charge is -2.21. The van der Waals surface area contributed by atoms with Crippen LogP contribution in [0.15, 0.2) is 48.6 Å². The van der Waals surface area contributed by atoms with Crippen LogP contribution in [-0.2, 0) is 105 Å². The van der Waals surface area contributed by atoms with Crippen LogP contribution in [0.5, 0.6) is 0 Å². The number of amides is 13. The smallest absolute Gasteiger partial charge is 0.253 e. The summed E-state index contributed by atoms with van der Waals surface area (Å²) in [6.07, 6.45) is 13.8. The van der Waals surface area contributed by atoms with Crippen LogP contribution >= 0.6 is 23.5 Å². The Morgan fingerprint density at radius 3 is 1.06 bits per heavy atom. The molecule has 30 nitrogen and oxygen atoms in total. The van der Waals surface area contributed by atoms with Crippen molar-refractivity contribution in [3.05, 3.63) is 48.6 Å². The molecule has 0 radical (unpaired) electrons. The quantitative estimate of drug-likeness (QED) is 0.0576. The Hall–Kier alpha value is -7.17. The first-order valence-electron chi connectivity index (χ1n) is 35.1. The van der Waals surface area contributed by atoms with Crippen molar-refractivity contribution < 1.29 is 105 Å². The molecule has 32 heteroatoms. The first-order chi connectivity index (χ1) is 48.9. The van der Waals surface area contributed by atoms with Crippen molar-refractivity contribution in [3.8, 4) is 0 Å². The number of likely N-dealkylation sites (tertiary alicyclic amines) is 1. The van der Waals surface area contributed by atoms with Gasteiger partial charge in [0.1, 0.15) is 11.6 Å². The second-order valence-corrected chi connectivity index (χ2v) is 32.1. The first-order valence-corrected chi connectivity index (χ1v) is 37.0. The molecule has 1 saturated heterocycles. The van der Waals surface area contributed by atoms with E-state index < -0.39 is 0 Å². The van der Waals surface area contributed by atoms with Gasteiger partial charge in [0.05, 0.1) is 96.6 Å². The number of carbonyl (C=O) groups excluding carboxylic acids is 15. The van der Waals surface area contributed by atoms with Gasteiger partial charge in [0.25, 0.3) is 47.3 Å². The monoisotopic (exact) mass is 1500 g/mol. The number of ether oxygens (including phenoxy) is 7. The largest absolute Gasteiger partial charge is 0.379 e. The summed E-state index contributed by atoms with van der Waals surface area (Å²) in [6, 6.07) is 0. The Morgan fingerprint density at radius 2 is 0.712 bits per heavy atom. The normalized spacial score (nSPS) is 15.9. The van der Waals surface area contributed by atoms with Gasteiger partial charge in [0.15, 0.2) is 0 Å². The number of thioether (sulfide) groups is 2. The molecule has 0 saturated carbocycles. The fraction of sp³-hybridized carbons (Fsp3) is 0.681. The Balaban J connectivity index is 0.000000476. The van der Waals surface area contributed by atoms with Gasteiger partial charge in [-0.2, -0.15) is 11.8 Å². The zero-order valence-electron chi connectivity index (χ0n) is 62.9. The number of ketones is 2. The van der Waals surface area contributed by atoms with E-state index in [0.29, 0.717) is 131 Å². The minimum Gasteiger partial charge on any atom is -0.379 e. The molecule has 584 valence electrons. The third kappa shape index (κ3) is 43.9. The van der Waals surface area contributed by atoms with E-state index >= 15 is 0 Å². The highest BCUT2D eigenvalue weighted by Gasteiger charge is 2.40. The maximum Gasteiger partial charge on any atom is 0.253 e. The molecule has 5 aliphatic heterocycles. The number of hydrogen-bond donors (Lipinski definition) is 3. The lowest BCUT2D eigenvalue weighted by atomic mass is 9.89. The van der Waals surface area contributed by atoms with Gasteiger partial charge in [-0.15, -0.1) is 11.8 Å². The molecule has 1 atom stereocenters. The van der Waals surface area contributed by atoms with Crippen LogP contribution in [0.1, 0.15) is 147 Å². The van der Waals surface area contributed by atoms with E-state index in [9.17, 15) is 71.9 Å². The van der Waals surface area contributed by atoms with Crippen molar-refractivity contribution in [1.29, 1.82) is 0 Å².